The second-order valence-corrected chi connectivity index (χ2v) is 8.94. The molecule has 0 radical (unpaired) electrons. The molecule has 166 valence electrons. The predicted octanol–water partition coefficient (Wildman–Crippen LogP) is 2.33. The highest BCUT2D eigenvalue weighted by molar-refractivity contribution is 7.14. The molecule has 1 saturated heterocycles. The van der Waals surface area contributed by atoms with E-state index >= 15 is 0 Å². The van der Waals surface area contributed by atoms with Crippen LogP contribution in [0.3, 0.4) is 0 Å². The van der Waals surface area contributed by atoms with Crippen LogP contribution in [0, 0.1) is 0 Å². The van der Waals surface area contributed by atoms with Gasteiger partial charge in [0.1, 0.15) is 10.6 Å². The van der Waals surface area contributed by atoms with E-state index in [9.17, 15) is 24.6 Å². The third-order valence-corrected chi connectivity index (χ3v) is 6.70. The van der Waals surface area contributed by atoms with Crippen molar-refractivity contribution in [1.82, 2.24) is 4.98 Å². The summed E-state index contributed by atoms with van der Waals surface area (Å²) < 4.78 is 0. The molecule has 2 amide bonds. The van der Waals surface area contributed by atoms with Gasteiger partial charge >= 0.3 is 5.97 Å². The average molecular weight is 474 g/mol. The van der Waals surface area contributed by atoms with Gasteiger partial charge in [-0.25, -0.2) is 9.78 Å². The lowest BCUT2D eigenvalue weighted by Gasteiger charge is -2.24. The van der Waals surface area contributed by atoms with Crippen LogP contribution in [0.4, 0.5) is 22.2 Å². The van der Waals surface area contributed by atoms with Crippen LogP contribution in [0.15, 0.2) is 41.1 Å². The van der Waals surface area contributed by atoms with Gasteiger partial charge in [0.2, 0.25) is 0 Å². The Balaban J connectivity index is 1.48. The molecule has 6 N–H and O–H groups in total. The second kappa shape index (κ2) is 8.57. The number of thiazole rings is 1. The lowest BCUT2D eigenvalue weighted by Crippen LogP contribution is -2.46. The summed E-state index contributed by atoms with van der Waals surface area (Å²) in [4.78, 5) is 41.8. The van der Waals surface area contributed by atoms with Gasteiger partial charge < -0.3 is 31.5 Å². The lowest BCUT2D eigenvalue weighted by atomic mass is 10.0. The predicted molar refractivity (Wildman–Crippen MR) is 122 cm³/mol. The number of primary amides is 1. The number of hydrogen-bond acceptors (Lipinski definition) is 9. The van der Waals surface area contributed by atoms with Crippen LogP contribution in [0.5, 0.6) is 0 Å². The highest BCUT2D eigenvalue weighted by Crippen LogP contribution is 2.33. The zero-order valence-electron chi connectivity index (χ0n) is 16.6. The van der Waals surface area contributed by atoms with Gasteiger partial charge in [-0.1, -0.05) is 12.1 Å². The van der Waals surface area contributed by atoms with Gasteiger partial charge in [-0.3, -0.25) is 9.59 Å². The SMILES string of the molecule is NC(=O)C1(O)CCN(c2ccccc2NC(=O)c2csc(Nc3ccsc3C(=O)O)n2)C1. The van der Waals surface area contributed by atoms with Crippen molar-refractivity contribution in [2.75, 3.05) is 28.6 Å². The molecule has 0 saturated carbocycles. The van der Waals surface area contributed by atoms with Crippen molar-refractivity contribution < 1.29 is 24.6 Å². The smallest absolute Gasteiger partial charge is 0.348 e. The molecule has 1 atom stereocenters. The van der Waals surface area contributed by atoms with Crippen molar-refractivity contribution in [1.29, 1.82) is 0 Å². The zero-order chi connectivity index (χ0) is 22.9. The number of para-hydroxylation sites is 2. The number of amides is 2. The number of aromatic carboxylic acids is 1. The van der Waals surface area contributed by atoms with Crippen LogP contribution >= 0.6 is 22.7 Å². The molecule has 0 aliphatic carbocycles. The Labute approximate surface area is 190 Å². The largest absolute Gasteiger partial charge is 0.477 e. The number of β-amino-alcohol motifs (C(OH)–C–C–N with tert-alkyl or cyclic N) is 1. The molecule has 0 spiro atoms. The van der Waals surface area contributed by atoms with Gasteiger partial charge in [-0.05, 0) is 23.6 Å². The minimum atomic E-state index is -1.61. The van der Waals surface area contributed by atoms with E-state index in [1.807, 2.05) is 0 Å². The highest BCUT2D eigenvalue weighted by Gasteiger charge is 2.42. The minimum absolute atomic E-state index is 0.0343. The molecule has 1 aromatic carbocycles. The Hall–Kier alpha value is -3.48. The molecule has 10 nitrogen and oxygen atoms in total. The Bertz CT molecular complexity index is 1190. The fourth-order valence-electron chi connectivity index (χ4n) is 3.37. The third-order valence-electron chi connectivity index (χ3n) is 5.04. The van der Waals surface area contributed by atoms with Crippen LogP contribution in [-0.2, 0) is 4.79 Å². The van der Waals surface area contributed by atoms with E-state index in [1.54, 1.807) is 46.0 Å². The summed E-state index contributed by atoms with van der Waals surface area (Å²) in [6, 6.07) is 8.67. The molecule has 1 aliphatic rings. The molecular formula is C20H19N5O5S2. The van der Waals surface area contributed by atoms with E-state index in [-0.39, 0.29) is 23.5 Å². The number of carboxylic acid groups (broad SMARTS) is 1. The van der Waals surface area contributed by atoms with Crippen LogP contribution in [0.25, 0.3) is 0 Å². The number of aliphatic hydroxyl groups is 1. The summed E-state index contributed by atoms with van der Waals surface area (Å²) in [5.74, 6) is -2.27. The van der Waals surface area contributed by atoms with Crippen molar-refractivity contribution in [3.63, 3.8) is 0 Å². The number of nitrogens with zero attached hydrogens (tertiary/aromatic N) is 2. The maximum Gasteiger partial charge on any atom is 0.348 e. The Morgan fingerprint density at radius 1 is 1.16 bits per heavy atom. The quantitative estimate of drug-likeness (QED) is 0.350. The highest BCUT2D eigenvalue weighted by atomic mass is 32.1. The molecule has 1 unspecified atom stereocenters. The Kier molecular flexibility index (Phi) is 5.82. The Morgan fingerprint density at radius 2 is 1.94 bits per heavy atom. The zero-order valence-corrected chi connectivity index (χ0v) is 18.2. The van der Waals surface area contributed by atoms with Gasteiger partial charge in [-0.2, -0.15) is 0 Å². The van der Waals surface area contributed by atoms with Gasteiger partial charge in [-0.15, -0.1) is 22.7 Å². The summed E-state index contributed by atoms with van der Waals surface area (Å²) in [5, 5.41) is 28.9. The molecule has 3 heterocycles. The van der Waals surface area contributed by atoms with Gasteiger partial charge in [0.15, 0.2) is 10.7 Å². The first-order chi connectivity index (χ1) is 15.3. The lowest BCUT2D eigenvalue weighted by molar-refractivity contribution is -0.134. The summed E-state index contributed by atoms with van der Waals surface area (Å²) in [6.45, 7) is 0.441. The van der Waals surface area contributed by atoms with E-state index in [4.69, 9.17) is 5.73 Å². The van der Waals surface area contributed by atoms with Crippen LogP contribution in [0.1, 0.15) is 26.6 Å². The fraction of sp³-hybridized carbons (Fsp3) is 0.200. The molecule has 1 aliphatic heterocycles. The first-order valence-corrected chi connectivity index (χ1v) is 11.2. The van der Waals surface area contributed by atoms with E-state index in [0.717, 1.165) is 11.3 Å². The number of aromatic nitrogens is 1. The van der Waals surface area contributed by atoms with Gasteiger partial charge in [0, 0.05) is 18.3 Å². The number of benzene rings is 1. The van der Waals surface area contributed by atoms with Crippen molar-refractivity contribution in [3.8, 4) is 0 Å². The normalized spacial score (nSPS) is 17.8. The van der Waals surface area contributed by atoms with Crippen LogP contribution in [0.2, 0.25) is 0 Å². The number of anilines is 4. The number of nitrogens with two attached hydrogens (primary N) is 1. The number of carbonyl (C=O) groups is 3. The standard InChI is InChI=1S/C20H19N5O5S2/c21-18(29)20(30)6-7-25(10-20)14-4-2-1-3-11(14)22-16(26)13-9-32-19(24-13)23-12-5-8-31-15(12)17(27)28/h1-5,8-9,30H,6-7,10H2,(H2,21,29)(H,22,26)(H,23,24)(H,27,28). The molecule has 4 rings (SSSR count). The first-order valence-electron chi connectivity index (χ1n) is 9.48. The summed E-state index contributed by atoms with van der Waals surface area (Å²) in [6.07, 6.45) is 0.201. The number of nitrogens with one attached hydrogen (secondary N) is 2. The molecule has 12 heteroatoms. The van der Waals surface area contributed by atoms with Crippen molar-refractivity contribution in [2.24, 2.45) is 5.73 Å². The first kappa shape index (κ1) is 21.7. The molecule has 3 aromatic rings. The summed E-state index contributed by atoms with van der Waals surface area (Å²) >= 11 is 2.26. The Morgan fingerprint density at radius 3 is 2.66 bits per heavy atom. The molecule has 0 bridgehead atoms. The molecule has 1 fully saturated rings. The maximum atomic E-state index is 12.8. The molecule has 32 heavy (non-hydrogen) atoms. The van der Waals surface area contributed by atoms with Crippen LogP contribution in [-0.4, -0.2) is 51.7 Å². The summed E-state index contributed by atoms with van der Waals surface area (Å²) in [5.41, 5.74) is 5.42. The van der Waals surface area contributed by atoms with Gasteiger partial charge in [0.25, 0.3) is 11.8 Å². The molecule has 2 aromatic heterocycles. The third kappa shape index (κ3) is 4.28. The van der Waals surface area contributed by atoms with Crippen molar-refractivity contribution in [2.45, 2.75) is 12.0 Å². The molecular weight excluding hydrogens is 454 g/mol. The number of rotatable bonds is 7. The van der Waals surface area contributed by atoms with Gasteiger partial charge in [0.05, 0.1) is 23.6 Å². The second-order valence-electron chi connectivity index (χ2n) is 7.17. The number of hydrogen-bond donors (Lipinski definition) is 5. The van der Waals surface area contributed by atoms with Crippen molar-refractivity contribution >= 4 is 62.7 Å². The number of thiophene rings is 1. The average Bonchev–Trinajstić information content (AvgIpc) is 3.49. The number of carbonyl (C=O) groups excluding carboxylic acids is 2. The fourth-order valence-corrected chi connectivity index (χ4v) is 4.76. The van der Waals surface area contributed by atoms with Crippen LogP contribution < -0.4 is 21.3 Å². The topological polar surface area (TPSA) is 158 Å². The van der Waals surface area contributed by atoms with E-state index in [0.29, 0.717) is 28.7 Å². The van der Waals surface area contributed by atoms with E-state index in [1.165, 1.54) is 11.3 Å². The van der Waals surface area contributed by atoms with E-state index < -0.39 is 23.4 Å². The number of carboxylic acids is 1. The monoisotopic (exact) mass is 473 g/mol. The van der Waals surface area contributed by atoms with E-state index in [2.05, 4.69) is 15.6 Å². The summed E-state index contributed by atoms with van der Waals surface area (Å²) in [7, 11) is 0. The minimum Gasteiger partial charge on any atom is -0.477 e. The van der Waals surface area contributed by atoms with Crippen molar-refractivity contribution in [3.05, 3.63) is 51.7 Å². The maximum absolute atomic E-state index is 12.8.